The molecule has 1 heterocycles. The largest absolute Gasteiger partial charge is 0.324 e. The van der Waals surface area contributed by atoms with Gasteiger partial charge in [0.2, 0.25) is 0 Å². The second-order valence-corrected chi connectivity index (χ2v) is 4.33. The van der Waals surface area contributed by atoms with Gasteiger partial charge in [0.15, 0.2) is 0 Å². The zero-order chi connectivity index (χ0) is 12.0. The van der Waals surface area contributed by atoms with Crippen LogP contribution in [0.1, 0.15) is 25.3 Å². The van der Waals surface area contributed by atoms with Crippen LogP contribution in [0.4, 0.5) is 5.00 Å². The van der Waals surface area contributed by atoms with Gasteiger partial charge in [0.1, 0.15) is 0 Å². The van der Waals surface area contributed by atoms with Gasteiger partial charge in [0, 0.05) is 18.0 Å². The zero-order valence-electron chi connectivity index (χ0n) is 9.10. The van der Waals surface area contributed by atoms with E-state index in [0.29, 0.717) is 6.54 Å². The third kappa shape index (κ3) is 3.65. The summed E-state index contributed by atoms with van der Waals surface area (Å²) in [6.07, 6.45) is 7.30. The van der Waals surface area contributed by atoms with E-state index in [9.17, 15) is 10.1 Å². The first-order chi connectivity index (χ1) is 7.67. The van der Waals surface area contributed by atoms with Crippen molar-refractivity contribution >= 4 is 16.3 Å². The molecule has 1 atom stereocenters. The molecule has 5 heteroatoms. The monoisotopic (exact) mass is 238 g/mol. The van der Waals surface area contributed by atoms with Crippen LogP contribution in [0.25, 0.3) is 0 Å². The van der Waals surface area contributed by atoms with Crippen molar-refractivity contribution in [2.75, 3.05) is 0 Å². The number of nitro groups is 1. The average molecular weight is 238 g/mol. The molecule has 1 aromatic heterocycles. The lowest BCUT2D eigenvalue weighted by molar-refractivity contribution is -0.380. The second-order valence-electron chi connectivity index (χ2n) is 3.44. The van der Waals surface area contributed by atoms with Gasteiger partial charge < -0.3 is 0 Å². The molecule has 0 saturated heterocycles. The van der Waals surface area contributed by atoms with Crippen LogP contribution in [0.15, 0.2) is 11.4 Å². The molecule has 0 aliphatic carbocycles. The van der Waals surface area contributed by atoms with Crippen LogP contribution in [0, 0.1) is 22.5 Å². The van der Waals surface area contributed by atoms with E-state index in [0.717, 1.165) is 29.7 Å². The average Bonchev–Trinajstić information content (AvgIpc) is 2.73. The normalized spacial score (nSPS) is 12.0. The molecule has 1 unspecified atom stereocenters. The van der Waals surface area contributed by atoms with E-state index >= 15 is 0 Å². The minimum absolute atomic E-state index is 0.0453. The number of nitrogens with one attached hydrogen (secondary N) is 1. The SMILES string of the molecule is C#CC(CCC)NCc1csc([N+](=O)[O-])c1. The highest BCUT2D eigenvalue weighted by molar-refractivity contribution is 7.13. The van der Waals surface area contributed by atoms with Crippen molar-refractivity contribution in [3.8, 4) is 12.3 Å². The highest BCUT2D eigenvalue weighted by atomic mass is 32.1. The highest BCUT2D eigenvalue weighted by Gasteiger charge is 2.10. The third-order valence-electron chi connectivity index (χ3n) is 2.15. The van der Waals surface area contributed by atoms with Crippen LogP contribution in [0.3, 0.4) is 0 Å². The standard InChI is InChI=1S/C11H14N2O2S/c1-3-5-10(4-2)12-7-9-6-11(13(14)15)16-8-9/h2,6,8,10,12H,3,5,7H2,1H3. The van der Waals surface area contributed by atoms with Gasteiger partial charge in [0.05, 0.1) is 11.0 Å². The quantitative estimate of drug-likeness (QED) is 0.471. The topological polar surface area (TPSA) is 55.2 Å². The van der Waals surface area contributed by atoms with E-state index in [1.54, 1.807) is 11.4 Å². The van der Waals surface area contributed by atoms with Crippen LogP contribution >= 0.6 is 11.3 Å². The summed E-state index contributed by atoms with van der Waals surface area (Å²) >= 11 is 1.14. The fourth-order valence-electron chi connectivity index (χ4n) is 1.33. The van der Waals surface area contributed by atoms with Crippen molar-refractivity contribution in [3.05, 3.63) is 27.1 Å². The molecule has 0 aromatic carbocycles. The molecule has 1 N–H and O–H groups in total. The molecule has 0 radical (unpaired) electrons. The molecule has 16 heavy (non-hydrogen) atoms. The van der Waals surface area contributed by atoms with Crippen LogP contribution in [-0.4, -0.2) is 11.0 Å². The Morgan fingerprint density at radius 3 is 3.00 bits per heavy atom. The number of nitrogens with zero attached hydrogens (tertiary/aromatic N) is 1. The Hall–Kier alpha value is -1.38. The Balaban J connectivity index is 2.48. The van der Waals surface area contributed by atoms with E-state index in [1.807, 2.05) is 0 Å². The lowest BCUT2D eigenvalue weighted by Crippen LogP contribution is -2.26. The first-order valence-corrected chi connectivity index (χ1v) is 5.96. The molecule has 0 amide bonds. The molecule has 4 nitrogen and oxygen atoms in total. The minimum Gasteiger partial charge on any atom is -0.300 e. The summed E-state index contributed by atoms with van der Waals surface area (Å²) in [5.74, 6) is 2.66. The second kappa shape index (κ2) is 6.26. The first kappa shape index (κ1) is 12.7. The van der Waals surface area contributed by atoms with E-state index < -0.39 is 0 Å². The maximum atomic E-state index is 10.5. The van der Waals surface area contributed by atoms with Crippen LogP contribution in [0.2, 0.25) is 0 Å². The van der Waals surface area contributed by atoms with E-state index in [-0.39, 0.29) is 16.0 Å². The summed E-state index contributed by atoms with van der Waals surface area (Å²) in [5.41, 5.74) is 0.910. The molecule has 0 bridgehead atoms. The molecule has 0 saturated carbocycles. The van der Waals surface area contributed by atoms with Gasteiger partial charge >= 0.3 is 5.00 Å². The Labute approximate surface area is 98.8 Å². The van der Waals surface area contributed by atoms with Crippen LogP contribution in [-0.2, 0) is 6.54 Å². The Bertz CT molecular complexity index is 395. The number of terminal acetylenes is 1. The predicted octanol–water partition coefficient (Wildman–Crippen LogP) is 2.55. The van der Waals surface area contributed by atoms with Gasteiger partial charge in [-0.25, -0.2) is 0 Å². The lowest BCUT2D eigenvalue weighted by atomic mass is 10.2. The number of hydrogen-bond acceptors (Lipinski definition) is 4. The molecular weight excluding hydrogens is 224 g/mol. The summed E-state index contributed by atoms with van der Waals surface area (Å²) in [6.45, 7) is 2.65. The lowest BCUT2D eigenvalue weighted by Gasteiger charge is -2.10. The maximum Gasteiger partial charge on any atom is 0.324 e. The van der Waals surface area contributed by atoms with Crippen molar-refractivity contribution in [1.29, 1.82) is 0 Å². The van der Waals surface area contributed by atoms with E-state index in [2.05, 4.69) is 18.2 Å². The molecule has 1 aromatic rings. The van der Waals surface area contributed by atoms with Crippen LogP contribution in [0.5, 0.6) is 0 Å². The highest BCUT2D eigenvalue weighted by Crippen LogP contribution is 2.22. The van der Waals surface area contributed by atoms with Crippen molar-refractivity contribution in [3.63, 3.8) is 0 Å². The third-order valence-corrected chi connectivity index (χ3v) is 3.08. The maximum absolute atomic E-state index is 10.5. The van der Waals surface area contributed by atoms with Gasteiger partial charge in [-0.15, -0.1) is 6.42 Å². The summed E-state index contributed by atoms with van der Waals surface area (Å²) in [4.78, 5) is 10.1. The summed E-state index contributed by atoms with van der Waals surface area (Å²) in [7, 11) is 0. The van der Waals surface area contributed by atoms with Crippen LogP contribution < -0.4 is 5.32 Å². The van der Waals surface area contributed by atoms with Gasteiger partial charge in [-0.3, -0.25) is 15.4 Å². The van der Waals surface area contributed by atoms with E-state index in [4.69, 9.17) is 6.42 Å². The van der Waals surface area contributed by atoms with Gasteiger partial charge in [0.25, 0.3) is 0 Å². The number of hydrogen-bond donors (Lipinski definition) is 1. The van der Waals surface area contributed by atoms with Crippen molar-refractivity contribution in [1.82, 2.24) is 5.32 Å². The van der Waals surface area contributed by atoms with Gasteiger partial charge in [-0.1, -0.05) is 30.6 Å². The molecule has 86 valence electrons. The summed E-state index contributed by atoms with van der Waals surface area (Å²) < 4.78 is 0. The fourth-order valence-corrected chi connectivity index (χ4v) is 2.05. The molecule has 0 aliphatic heterocycles. The smallest absolute Gasteiger partial charge is 0.300 e. The van der Waals surface area contributed by atoms with Crippen molar-refractivity contribution in [2.24, 2.45) is 0 Å². The summed E-state index contributed by atoms with van der Waals surface area (Å²) in [5, 5.41) is 15.6. The molecule has 1 rings (SSSR count). The first-order valence-electron chi connectivity index (χ1n) is 5.08. The predicted molar refractivity (Wildman–Crippen MR) is 65.3 cm³/mol. The number of rotatable bonds is 6. The molecule has 0 fully saturated rings. The zero-order valence-corrected chi connectivity index (χ0v) is 9.92. The van der Waals surface area contributed by atoms with Gasteiger partial charge in [-0.2, -0.15) is 0 Å². The Morgan fingerprint density at radius 1 is 1.75 bits per heavy atom. The fraction of sp³-hybridized carbons (Fsp3) is 0.455. The molecule has 0 spiro atoms. The Kier molecular flexibility index (Phi) is 4.96. The molecular formula is C11H14N2O2S. The number of thiophene rings is 1. The van der Waals surface area contributed by atoms with Crippen molar-refractivity contribution < 1.29 is 4.92 Å². The summed E-state index contributed by atoms with van der Waals surface area (Å²) in [6, 6.07) is 1.63. The van der Waals surface area contributed by atoms with Gasteiger partial charge in [-0.05, 0) is 12.0 Å². The Morgan fingerprint density at radius 2 is 2.50 bits per heavy atom. The van der Waals surface area contributed by atoms with Crippen molar-refractivity contribution in [2.45, 2.75) is 32.4 Å². The molecule has 0 aliphatic rings. The minimum atomic E-state index is -0.376. The van der Waals surface area contributed by atoms with E-state index in [1.165, 1.54) is 0 Å².